The molecule has 72 valence electrons. The minimum atomic E-state index is -0.771. The number of aliphatic hydroxyl groups excluding tert-OH is 1. The second-order valence-electron chi connectivity index (χ2n) is 2.43. The fourth-order valence-corrected chi connectivity index (χ4v) is 0.637. The number of ether oxygens (including phenoxy) is 1. The van der Waals surface area contributed by atoms with Crippen molar-refractivity contribution in [2.24, 2.45) is 5.73 Å². The van der Waals surface area contributed by atoms with Crippen LogP contribution in [0.3, 0.4) is 0 Å². The molecular weight excluding hydrogens is 160 g/mol. The van der Waals surface area contributed by atoms with E-state index in [-0.39, 0.29) is 12.7 Å². The highest BCUT2D eigenvalue weighted by Crippen LogP contribution is 1.85. The van der Waals surface area contributed by atoms with Gasteiger partial charge in [0.1, 0.15) is 6.61 Å². The van der Waals surface area contributed by atoms with E-state index in [9.17, 15) is 4.79 Å². The first-order valence-corrected chi connectivity index (χ1v) is 3.97. The molecule has 0 bridgehead atoms. The van der Waals surface area contributed by atoms with Crippen molar-refractivity contribution in [2.45, 2.75) is 19.4 Å². The summed E-state index contributed by atoms with van der Waals surface area (Å²) < 4.78 is 4.45. The first kappa shape index (κ1) is 11.2. The highest BCUT2D eigenvalue weighted by atomic mass is 16.5. The highest BCUT2D eigenvalue weighted by Gasteiger charge is 1.98. The Labute approximate surface area is 71.9 Å². The number of amides is 1. The molecule has 1 amide bonds. The van der Waals surface area contributed by atoms with Crippen LogP contribution >= 0.6 is 0 Å². The first-order chi connectivity index (χ1) is 5.66. The SMILES string of the molecule is CCC(O)CNCCOC(N)=O. The Morgan fingerprint density at radius 3 is 2.92 bits per heavy atom. The smallest absolute Gasteiger partial charge is 0.404 e. The molecule has 0 saturated carbocycles. The molecule has 0 spiro atoms. The van der Waals surface area contributed by atoms with E-state index in [1.54, 1.807) is 0 Å². The number of primary amides is 1. The van der Waals surface area contributed by atoms with Crippen LogP contribution in [0, 0.1) is 0 Å². The molecule has 0 aliphatic carbocycles. The van der Waals surface area contributed by atoms with Crippen LogP contribution in [0.4, 0.5) is 4.79 Å². The van der Waals surface area contributed by atoms with Crippen molar-refractivity contribution in [2.75, 3.05) is 19.7 Å². The van der Waals surface area contributed by atoms with Crippen LogP contribution < -0.4 is 11.1 Å². The minimum Gasteiger partial charge on any atom is -0.448 e. The maximum atomic E-state index is 10.1. The maximum absolute atomic E-state index is 10.1. The van der Waals surface area contributed by atoms with Gasteiger partial charge in [0.2, 0.25) is 0 Å². The summed E-state index contributed by atoms with van der Waals surface area (Å²) >= 11 is 0. The molecule has 12 heavy (non-hydrogen) atoms. The molecule has 0 fully saturated rings. The molecule has 1 unspecified atom stereocenters. The maximum Gasteiger partial charge on any atom is 0.404 e. The zero-order chi connectivity index (χ0) is 9.40. The van der Waals surface area contributed by atoms with Gasteiger partial charge in [0.15, 0.2) is 0 Å². The molecule has 0 aliphatic heterocycles. The number of carbonyl (C=O) groups is 1. The van der Waals surface area contributed by atoms with E-state index in [1.807, 2.05) is 6.92 Å². The molecule has 0 aliphatic rings. The lowest BCUT2D eigenvalue weighted by Crippen LogP contribution is -2.30. The van der Waals surface area contributed by atoms with Gasteiger partial charge in [-0.2, -0.15) is 0 Å². The predicted octanol–water partition coefficient (Wildman–Crippen LogP) is -0.558. The van der Waals surface area contributed by atoms with Crippen molar-refractivity contribution in [3.63, 3.8) is 0 Å². The highest BCUT2D eigenvalue weighted by molar-refractivity contribution is 5.64. The molecule has 4 N–H and O–H groups in total. The molecule has 0 rings (SSSR count). The fourth-order valence-electron chi connectivity index (χ4n) is 0.637. The average Bonchev–Trinajstić information content (AvgIpc) is 2.03. The van der Waals surface area contributed by atoms with Crippen molar-refractivity contribution in [3.8, 4) is 0 Å². The molecule has 5 nitrogen and oxygen atoms in total. The van der Waals surface area contributed by atoms with Gasteiger partial charge >= 0.3 is 6.09 Å². The molecule has 0 aromatic rings. The van der Waals surface area contributed by atoms with Crippen molar-refractivity contribution in [1.29, 1.82) is 0 Å². The summed E-state index contributed by atoms with van der Waals surface area (Å²) in [5.41, 5.74) is 4.72. The third-order valence-electron chi connectivity index (χ3n) is 1.37. The van der Waals surface area contributed by atoms with Crippen molar-refractivity contribution >= 4 is 6.09 Å². The largest absolute Gasteiger partial charge is 0.448 e. The summed E-state index contributed by atoms with van der Waals surface area (Å²) in [7, 11) is 0. The van der Waals surface area contributed by atoms with Gasteiger partial charge < -0.3 is 20.9 Å². The number of rotatable bonds is 6. The number of nitrogens with two attached hydrogens (primary N) is 1. The lowest BCUT2D eigenvalue weighted by atomic mass is 10.3. The van der Waals surface area contributed by atoms with Crippen LogP contribution in [0.1, 0.15) is 13.3 Å². The monoisotopic (exact) mass is 176 g/mol. The second-order valence-corrected chi connectivity index (χ2v) is 2.43. The van der Waals surface area contributed by atoms with E-state index in [4.69, 9.17) is 10.8 Å². The number of nitrogens with one attached hydrogen (secondary N) is 1. The van der Waals surface area contributed by atoms with E-state index in [1.165, 1.54) is 0 Å². The van der Waals surface area contributed by atoms with Gasteiger partial charge in [-0.15, -0.1) is 0 Å². The van der Waals surface area contributed by atoms with E-state index in [0.29, 0.717) is 19.5 Å². The molecule has 0 radical (unpaired) electrons. The zero-order valence-corrected chi connectivity index (χ0v) is 7.25. The molecule has 5 heteroatoms. The van der Waals surface area contributed by atoms with Gasteiger partial charge in [0.25, 0.3) is 0 Å². The number of hydrogen-bond acceptors (Lipinski definition) is 4. The number of hydrogen-bond donors (Lipinski definition) is 3. The van der Waals surface area contributed by atoms with E-state index in [0.717, 1.165) is 0 Å². The van der Waals surface area contributed by atoms with E-state index in [2.05, 4.69) is 10.1 Å². The van der Waals surface area contributed by atoms with E-state index >= 15 is 0 Å². The predicted molar refractivity (Wildman–Crippen MR) is 44.7 cm³/mol. The Balaban J connectivity index is 3.05. The standard InChI is InChI=1S/C7H16N2O3/c1-2-6(10)5-9-3-4-12-7(8)11/h6,9-10H,2-5H2,1H3,(H2,8,11). The van der Waals surface area contributed by atoms with E-state index < -0.39 is 6.09 Å². The Bertz CT molecular complexity index is 130. The third kappa shape index (κ3) is 7.30. The average molecular weight is 176 g/mol. The summed E-state index contributed by atoms with van der Waals surface area (Å²) in [6, 6.07) is 0. The second kappa shape index (κ2) is 6.87. The van der Waals surface area contributed by atoms with Crippen LogP contribution in [0.5, 0.6) is 0 Å². The van der Waals surface area contributed by atoms with Crippen LogP contribution in [0.15, 0.2) is 0 Å². The molecule has 0 heterocycles. The van der Waals surface area contributed by atoms with Crippen LogP contribution in [-0.2, 0) is 4.74 Å². The topological polar surface area (TPSA) is 84.6 Å². The first-order valence-electron chi connectivity index (χ1n) is 3.97. The quantitative estimate of drug-likeness (QED) is 0.474. The van der Waals surface area contributed by atoms with Crippen molar-refractivity contribution in [3.05, 3.63) is 0 Å². The summed E-state index contributed by atoms with van der Waals surface area (Å²) in [4.78, 5) is 10.1. The van der Waals surface area contributed by atoms with Crippen LogP contribution in [-0.4, -0.2) is 37.0 Å². The number of carbonyl (C=O) groups excluding carboxylic acids is 1. The Morgan fingerprint density at radius 2 is 2.42 bits per heavy atom. The van der Waals surface area contributed by atoms with Gasteiger partial charge in [-0.1, -0.05) is 6.92 Å². The summed E-state index contributed by atoms with van der Waals surface area (Å²) in [6.07, 6.45) is -0.393. The molecule has 0 saturated heterocycles. The molecule has 0 aromatic heterocycles. The van der Waals surface area contributed by atoms with Crippen molar-refractivity contribution in [1.82, 2.24) is 5.32 Å². The molecular formula is C7H16N2O3. The van der Waals surface area contributed by atoms with Crippen LogP contribution in [0.25, 0.3) is 0 Å². The normalized spacial score (nSPS) is 12.5. The van der Waals surface area contributed by atoms with Gasteiger partial charge in [-0.05, 0) is 6.42 Å². The zero-order valence-electron chi connectivity index (χ0n) is 7.25. The molecule has 1 atom stereocenters. The minimum absolute atomic E-state index is 0.242. The summed E-state index contributed by atoms with van der Waals surface area (Å²) in [5.74, 6) is 0. The van der Waals surface area contributed by atoms with Gasteiger partial charge in [0, 0.05) is 13.1 Å². The molecule has 0 aromatic carbocycles. The Morgan fingerprint density at radius 1 is 1.75 bits per heavy atom. The van der Waals surface area contributed by atoms with Gasteiger partial charge in [-0.3, -0.25) is 0 Å². The lowest BCUT2D eigenvalue weighted by molar-refractivity contribution is 0.147. The fraction of sp³-hybridized carbons (Fsp3) is 0.857. The number of aliphatic hydroxyl groups is 1. The third-order valence-corrected chi connectivity index (χ3v) is 1.37. The van der Waals surface area contributed by atoms with Gasteiger partial charge in [0.05, 0.1) is 6.10 Å². The summed E-state index contributed by atoms with van der Waals surface area (Å²) in [5, 5.41) is 12.0. The Hall–Kier alpha value is -0.810. The Kier molecular flexibility index (Phi) is 6.41. The van der Waals surface area contributed by atoms with Gasteiger partial charge in [-0.25, -0.2) is 4.79 Å². The lowest BCUT2D eigenvalue weighted by Gasteiger charge is -2.08. The van der Waals surface area contributed by atoms with Crippen molar-refractivity contribution < 1.29 is 14.6 Å². The van der Waals surface area contributed by atoms with Crippen LogP contribution in [0.2, 0.25) is 0 Å². The summed E-state index contributed by atoms with van der Waals surface area (Å²) in [6.45, 7) is 3.16.